The molecular weight excluding hydrogens is 402 g/mol. The quantitative estimate of drug-likeness (QED) is 0.774. The molecule has 0 saturated carbocycles. The molecule has 9 heteroatoms. The molecule has 29 heavy (non-hydrogen) atoms. The zero-order valence-electron chi connectivity index (χ0n) is 15.9. The number of rotatable bonds is 6. The van der Waals surface area contributed by atoms with Crippen LogP contribution < -0.4 is 10.1 Å². The predicted molar refractivity (Wildman–Crippen MR) is 103 cm³/mol. The van der Waals surface area contributed by atoms with Crippen molar-refractivity contribution in [2.75, 3.05) is 20.2 Å². The summed E-state index contributed by atoms with van der Waals surface area (Å²) in [6.07, 6.45) is 0.707. The van der Waals surface area contributed by atoms with Gasteiger partial charge in [-0.3, -0.25) is 4.79 Å². The van der Waals surface area contributed by atoms with Crippen molar-refractivity contribution in [1.29, 1.82) is 0 Å². The van der Waals surface area contributed by atoms with Crippen LogP contribution in [0.3, 0.4) is 0 Å². The SMILES string of the molecule is COc1ccc(F)cc1S(=O)(=O)N1CCC(C(=O)NCc2ccc(F)cc2)CC1. The van der Waals surface area contributed by atoms with Gasteiger partial charge in [0.2, 0.25) is 15.9 Å². The number of nitrogens with one attached hydrogen (secondary N) is 1. The van der Waals surface area contributed by atoms with Crippen molar-refractivity contribution in [2.45, 2.75) is 24.3 Å². The molecule has 1 heterocycles. The number of methoxy groups -OCH3 is 1. The lowest BCUT2D eigenvalue weighted by molar-refractivity contribution is -0.126. The molecular formula is C20H22F2N2O4S. The maximum atomic E-state index is 13.6. The third kappa shape index (κ3) is 4.91. The number of carbonyl (C=O) groups is 1. The molecule has 0 bridgehead atoms. The highest BCUT2D eigenvalue weighted by atomic mass is 32.2. The summed E-state index contributed by atoms with van der Waals surface area (Å²) in [7, 11) is -2.61. The average Bonchev–Trinajstić information content (AvgIpc) is 2.73. The van der Waals surface area contributed by atoms with Crippen molar-refractivity contribution < 1.29 is 26.7 Å². The van der Waals surface area contributed by atoms with Crippen LogP contribution >= 0.6 is 0 Å². The van der Waals surface area contributed by atoms with Crippen LogP contribution in [0.4, 0.5) is 8.78 Å². The van der Waals surface area contributed by atoms with Crippen LogP contribution in [-0.2, 0) is 21.4 Å². The highest BCUT2D eigenvalue weighted by Gasteiger charge is 2.33. The van der Waals surface area contributed by atoms with Crippen LogP contribution in [0, 0.1) is 17.6 Å². The molecule has 3 rings (SSSR count). The van der Waals surface area contributed by atoms with Crippen molar-refractivity contribution in [1.82, 2.24) is 9.62 Å². The Morgan fingerprint density at radius 2 is 1.72 bits per heavy atom. The first-order chi connectivity index (χ1) is 13.8. The first kappa shape index (κ1) is 21.2. The lowest BCUT2D eigenvalue weighted by Crippen LogP contribution is -2.43. The molecule has 1 aliphatic heterocycles. The molecule has 0 spiro atoms. The minimum absolute atomic E-state index is 0.0746. The summed E-state index contributed by atoms with van der Waals surface area (Å²) in [5.41, 5.74) is 0.776. The Hall–Kier alpha value is -2.52. The van der Waals surface area contributed by atoms with Crippen LogP contribution in [-0.4, -0.2) is 38.8 Å². The van der Waals surface area contributed by atoms with E-state index in [2.05, 4.69) is 5.32 Å². The fraction of sp³-hybridized carbons (Fsp3) is 0.350. The van der Waals surface area contributed by atoms with Gasteiger partial charge in [-0.25, -0.2) is 17.2 Å². The van der Waals surface area contributed by atoms with Crippen LogP contribution in [0.25, 0.3) is 0 Å². The first-order valence-electron chi connectivity index (χ1n) is 9.17. The summed E-state index contributed by atoms with van der Waals surface area (Å²) < 4.78 is 58.6. The molecule has 2 aromatic rings. The highest BCUT2D eigenvalue weighted by molar-refractivity contribution is 7.89. The summed E-state index contributed by atoms with van der Waals surface area (Å²) >= 11 is 0. The molecule has 1 N–H and O–H groups in total. The van der Waals surface area contributed by atoms with E-state index in [1.807, 2.05) is 0 Å². The fourth-order valence-electron chi connectivity index (χ4n) is 3.29. The molecule has 0 unspecified atom stereocenters. The predicted octanol–water partition coefficient (Wildman–Crippen LogP) is 2.69. The Bertz CT molecular complexity index is 972. The third-order valence-electron chi connectivity index (χ3n) is 4.95. The minimum atomic E-state index is -3.93. The van der Waals surface area contributed by atoms with E-state index in [9.17, 15) is 22.0 Å². The summed E-state index contributed by atoms with van der Waals surface area (Å²) in [6, 6.07) is 9.19. The Morgan fingerprint density at radius 1 is 1.10 bits per heavy atom. The van der Waals surface area contributed by atoms with Crippen molar-refractivity contribution in [2.24, 2.45) is 5.92 Å². The number of hydrogen-bond donors (Lipinski definition) is 1. The van der Waals surface area contributed by atoms with Gasteiger partial charge >= 0.3 is 0 Å². The molecule has 1 aliphatic rings. The van der Waals surface area contributed by atoms with Crippen molar-refractivity contribution >= 4 is 15.9 Å². The van der Waals surface area contributed by atoms with Crippen LogP contribution in [0.15, 0.2) is 47.4 Å². The summed E-state index contributed by atoms with van der Waals surface area (Å²) in [4.78, 5) is 12.2. The van der Waals surface area contributed by atoms with Crippen LogP contribution in [0.5, 0.6) is 5.75 Å². The molecule has 0 atom stereocenters. The summed E-state index contributed by atoms with van der Waals surface area (Å²) in [5.74, 6) is -1.43. The highest BCUT2D eigenvalue weighted by Crippen LogP contribution is 2.30. The van der Waals surface area contributed by atoms with Gasteiger partial charge in [0.25, 0.3) is 0 Å². The lowest BCUT2D eigenvalue weighted by atomic mass is 9.97. The summed E-state index contributed by atoms with van der Waals surface area (Å²) in [6.45, 7) is 0.575. The number of carbonyl (C=O) groups excluding carboxylic acids is 1. The molecule has 0 radical (unpaired) electrons. The topological polar surface area (TPSA) is 75.7 Å². The van der Waals surface area contributed by atoms with E-state index in [-0.39, 0.29) is 47.9 Å². The molecule has 0 aromatic heterocycles. The van der Waals surface area contributed by atoms with E-state index >= 15 is 0 Å². The molecule has 6 nitrogen and oxygen atoms in total. The standard InChI is InChI=1S/C20H22F2N2O4S/c1-28-18-7-6-17(22)12-19(18)29(26,27)24-10-8-15(9-11-24)20(25)23-13-14-2-4-16(21)5-3-14/h2-7,12,15H,8-11,13H2,1H3,(H,23,25). The van der Waals surface area contributed by atoms with Crippen LogP contribution in [0.1, 0.15) is 18.4 Å². The van der Waals surface area contributed by atoms with Gasteiger partial charge in [-0.2, -0.15) is 4.31 Å². The number of sulfonamides is 1. The number of halogens is 2. The first-order valence-corrected chi connectivity index (χ1v) is 10.6. The van der Waals surface area contributed by atoms with Gasteiger partial charge in [0.15, 0.2) is 0 Å². The van der Waals surface area contributed by atoms with E-state index in [0.717, 1.165) is 17.7 Å². The molecule has 1 fully saturated rings. The Balaban J connectivity index is 1.60. The van der Waals surface area contributed by atoms with E-state index < -0.39 is 15.8 Å². The molecule has 156 valence electrons. The third-order valence-corrected chi connectivity index (χ3v) is 6.87. The van der Waals surface area contributed by atoms with Gasteiger partial charge in [-0.1, -0.05) is 12.1 Å². The van der Waals surface area contributed by atoms with E-state index in [4.69, 9.17) is 4.74 Å². The monoisotopic (exact) mass is 424 g/mol. The molecule has 1 amide bonds. The Kier molecular flexibility index (Phi) is 6.49. The van der Waals surface area contributed by atoms with Crippen molar-refractivity contribution in [3.8, 4) is 5.75 Å². The maximum Gasteiger partial charge on any atom is 0.246 e. The Labute approximate surface area is 168 Å². The molecule has 0 aliphatic carbocycles. The van der Waals surface area contributed by atoms with Crippen molar-refractivity contribution in [3.63, 3.8) is 0 Å². The summed E-state index contributed by atoms with van der Waals surface area (Å²) in [5, 5.41) is 2.80. The maximum absolute atomic E-state index is 13.6. The van der Waals surface area contributed by atoms with E-state index in [0.29, 0.717) is 12.8 Å². The van der Waals surface area contributed by atoms with Gasteiger partial charge in [-0.05, 0) is 48.7 Å². The fourth-order valence-corrected chi connectivity index (χ4v) is 4.92. The second-order valence-electron chi connectivity index (χ2n) is 6.82. The van der Waals surface area contributed by atoms with Gasteiger partial charge in [0.1, 0.15) is 22.3 Å². The van der Waals surface area contributed by atoms with Crippen molar-refractivity contribution in [3.05, 3.63) is 59.7 Å². The second kappa shape index (κ2) is 8.87. The molecule has 1 saturated heterocycles. The number of nitrogens with zero attached hydrogens (tertiary/aromatic N) is 1. The number of piperidine rings is 1. The zero-order valence-corrected chi connectivity index (χ0v) is 16.7. The average molecular weight is 424 g/mol. The number of benzene rings is 2. The van der Waals surface area contributed by atoms with Gasteiger partial charge < -0.3 is 10.1 Å². The van der Waals surface area contributed by atoms with Gasteiger partial charge in [0, 0.05) is 25.6 Å². The van der Waals surface area contributed by atoms with E-state index in [1.54, 1.807) is 12.1 Å². The lowest BCUT2D eigenvalue weighted by Gasteiger charge is -2.30. The molecule has 2 aromatic carbocycles. The van der Waals surface area contributed by atoms with Crippen LogP contribution in [0.2, 0.25) is 0 Å². The number of amides is 1. The van der Waals surface area contributed by atoms with Gasteiger partial charge in [0.05, 0.1) is 7.11 Å². The normalized spacial score (nSPS) is 15.8. The Morgan fingerprint density at radius 3 is 2.34 bits per heavy atom. The number of ether oxygens (including phenoxy) is 1. The van der Waals surface area contributed by atoms with Gasteiger partial charge in [-0.15, -0.1) is 0 Å². The minimum Gasteiger partial charge on any atom is -0.495 e. The smallest absolute Gasteiger partial charge is 0.246 e. The largest absolute Gasteiger partial charge is 0.495 e. The number of hydrogen-bond acceptors (Lipinski definition) is 4. The second-order valence-corrected chi connectivity index (χ2v) is 8.72. The zero-order chi connectivity index (χ0) is 21.0. The van der Waals surface area contributed by atoms with E-state index in [1.165, 1.54) is 29.6 Å².